The second kappa shape index (κ2) is 6.99. The lowest BCUT2D eigenvalue weighted by atomic mass is 10.2. The van der Waals surface area contributed by atoms with Crippen molar-refractivity contribution in [3.05, 3.63) is 35.9 Å². The number of aryl methyl sites for hydroxylation is 1. The SMILES string of the molecule is CS(=O)(=O)OCCNS(=O)(=O)CCc1ccccc1. The molecule has 0 saturated heterocycles. The van der Waals surface area contributed by atoms with Crippen LogP contribution in [0, 0.1) is 0 Å². The monoisotopic (exact) mass is 307 g/mol. The van der Waals surface area contributed by atoms with Crippen molar-refractivity contribution in [3.8, 4) is 0 Å². The minimum Gasteiger partial charge on any atom is -0.269 e. The van der Waals surface area contributed by atoms with Crippen LogP contribution in [0.5, 0.6) is 0 Å². The Hall–Kier alpha value is -0.960. The second-order valence-electron chi connectivity index (χ2n) is 3.97. The molecule has 0 fully saturated rings. The molecular formula is C11H17NO5S2. The lowest BCUT2D eigenvalue weighted by Crippen LogP contribution is -2.30. The van der Waals surface area contributed by atoms with Crippen molar-refractivity contribution >= 4 is 20.1 Å². The number of sulfonamides is 1. The van der Waals surface area contributed by atoms with Gasteiger partial charge < -0.3 is 0 Å². The van der Waals surface area contributed by atoms with E-state index in [2.05, 4.69) is 8.91 Å². The Labute approximate surface area is 114 Å². The molecule has 108 valence electrons. The molecule has 1 N–H and O–H groups in total. The van der Waals surface area contributed by atoms with Crippen molar-refractivity contribution in [1.29, 1.82) is 0 Å². The average Bonchev–Trinajstić information content (AvgIpc) is 2.33. The molecule has 0 spiro atoms. The van der Waals surface area contributed by atoms with Crippen LogP contribution >= 0.6 is 0 Å². The van der Waals surface area contributed by atoms with E-state index < -0.39 is 20.1 Å². The molecular weight excluding hydrogens is 290 g/mol. The van der Waals surface area contributed by atoms with Gasteiger partial charge in [0.2, 0.25) is 10.0 Å². The Kier molecular flexibility index (Phi) is 5.92. The van der Waals surface area contributed by atoms with Gasteiger partial charge in [0, 0.05) is 6.54 Å². The van der Waals surface area contributed by atoms with Gasteiger partial charge in [-0.15, -0.1) is 0 Å². The first-order valence-electron chi connectivity index (χ1n) is 5.64. The van der Waals surface area contributed by atoms with Crippen LogP contribution in [0.1, 0.15) is 5.56 Å². The number of hydrogen-bond donors (Lipinski definition) is 1. The van der Waals surface area contributed by atoms with E-state index >= 15 is 0 Å². The van der Waals surface area contributed by atoms with Crippen molar-refractivity contribution in [2.45, 2.75) is 6.42 Å². The smallest absolute Gasteiger partial charge is 0.264 e. The second-order valence-corrected chi connectivity index (χ2v) is 7.55. The van der Waals surface area contributed by atoms with Crippen molar-refractivity contribution in [3.63, 3.8) is 0 Å². The molecule has 0 aromatic heterocycles. The summed E-state index contributed by atoms with van der Waals surface area (Å²) in [4.78, 5) is 0. The first kappa shape index (κ1) is 16.1. The highest BCUT2D eigenvalue weighted by Gasteiger charge is 2.10. The zero-order chi connectivity index (χ0) is 14.4. The van der Waals surface area contributed by atoms with Gasteiger partial charge in [-0.3, -0.25) is 4.18 Å². The first-order valence-corrected chi connectivity index (χ1v) is 9.11. The van der Waals surface area contributed by atoms with E-state index in [0.717, 1.165) is 11.8 Å². The van der Waals surface area contributed by atoms with E-state index in [1.807, 2.05) is 30.3 Å². The summed E-state index contributed by atoms with van der Waals surface area (Å²) in [6.45, 7) is -0.270. The molecule has 0 aliphatic carbocycles. The number of hydrogen-bond acceptors (Lipinski definition) is 5. The molecule has 8 heteroatoms. The summed E-state index contributed by atoms with van der Waals surface area (Å²) in [5.74, 6) is -0.0457. The molecule has 0 bridgehead atoms. The molecule has 0 saturated carbocycles. The minimum atomic E-state index is -3.53. The zero-order valence-electron chi connectivity index (χ0n) is 10.6. The Morgan fingerprint density at radius 1 is 1.11 bits per heavy atom. The summed E-state index contributed by atoms with van der Waals surface area (Å²) < 4.78 is 51.3. The molecule has 0 aliphatic heterocycles. The maximum Gasteiger partial charge on any atom is 0.264 e. The van der Waals surface area contributed by atoms with Crippen LogP contribution in [0.25, 0.3) is 0 Å². The molecule has 0 heterocycles. The third-order valence-electron chi connectivity index (χ3n) is 2.22. The molecule has 19 heavy (non-hydrogen) atoms. The van der Waals surface area contributed by atoms with Crippen LogP contribution < -0.4 is 4.72 Å². The molecule has 0 aliphatic rings. The summed E-state index contributed by atoms with van der Waals surface area (Å²) in [6, 6.07) is 9.24. The Balaban J connectivity index is 2.32. The van der Waals surface area contributed by atoms with Gasteiger partial charge in [-0.05, 0) is 12.0 Å². The highest BCUT2D eigenvalue weighted by atomic mass is 32.2. The van der Waals surface area contributed by atoms with Gasteiger partial charge in [0.25, 0.3) is 10.1 Å². The van der Waals surface area contributed by atoms with Crippen LogP contribution in [0.4, 0.5) is 0 Å². The molecule has 1 rings (SSSR count). The number of nitrogens with one attached hydrogen (secondary N) is 1. The molecule has 0 atom stereocenters. The van der Waals surface area contributed by atoms with E-state index in [4.69, 9.17) is 0 Å². The third-order valence-corrected chi connectivity index (χ3v) is 4.20. The van der Waals surface area contributed by atoms with Crippen molar-refractivity contribution in [2.24, 2.45) is 0 Å². The van der Waals surface area contributed by atoms with E-state index in [1.165, 1.54) is 0 Å². The van der Waals surface area contributed by atoms with E-state index in [1.54, 1.807) is 0 Å². The van der Waals surface area contributed by atoms with Gasteiger partial charge in [0.15, 0.2) is 0 Å². The van der Waals surface area contributed by atoms with E-state index in [9.17, 15) is 16.8 Å². The van der Waals surface area contributed by atoms with Crippen molar-refractivity contribution in [1.82, 2.24) is 4.72 Å². The summed E-state index contributed by atoms with van der Waals surface area (Å²) >= 11 is 0. The Morgan fingerprint density at radius 3 is 2.32 bits per heavy atom. The highest BCUT2D eigenvalue weighted by Crippen LogP contribution is 2.01. The summed E-state index contributed by atoms with van der Waals surface area (Å²) in [5, 5.41) is 0. The Morgan fingerprint density at radius 2 is 1.74 bits per heavy atom. The van der Waals surface area contributed by atoms with Crippen LogP contribution in [0.3, 0.4) is 0 Å². The van der Waals surface area contributed by atoms with Crippen molar-refractivity contribution in [2.75, 3.05) is 25.2 Å². The number of benzene rings is 1. The van der Waals surface area contributed by atoms with Crippen LogP contribution in [0.15, 0.2) is 30.3 Å². The topological polar surface area (TPSA) is 89.5 Å². The van der Waals surface area contributed by atoms with E-state index in [-0.39, 0.29) is 18.9 Å². The number of rotatable bonds is 8. The van der Waals surface area contributed by atoms with Crippen LogP contribution in [-0.4, -0.2) is 42.0 Å². The normalized spacial score (nSPS) is 12.5. The standard InChI is InChI=1S/C11H17NO5S2/c1-18(13,14)17-9-8-12-19(15,16)10-7-11-5-3-2-4-6-11/h2-6,12H,7-10H2,1H3. The van der Waals surface area contributed by atoms with Crippen LogP contribution in [-0.2, 0) is 30.7 Å². The summed E-state index contributed by atoms with van der Waals surface area (Å²) in [6.07, 6.45) is 1.32. The zero-order valence-corrected chi connectivity index (χ0v) is 12.2. The molecule has 0 radical (unpaired) electrons. The lowest BCUT2D eigenvalue weighted by Gasteiger charge is -2.06. The molecule has 1 aromatic carbocycles. The van der Waals surface area contributed by atoms with Gasteiger partial charge in [-0.25, -0.2) is 13.1 Å². The maximum absolute atomic E-state index is 11.6. The van der Waals surface area contributed by atoms with Gasteiger partial charge in [0.05, 0.1) is 18.6 Å². The predicted molar refractivity (Wildman–Crippen MR) is 72.7 cm³/mol. The van der Waals surface area contributed by atoms with Gasteiger partial charge in [0.1, 0.15) is 0 Å². The molecule has 0 unspecified atom stereocenters. The summed E-state index contributed by atoms with van der Waals surface area (Å²) in [7, 11) is -6.95. The largest absolute Gasteiger partial charge is 0.269 e. The minimum absolute atomic E-state index is 0.0457. The first-order chi connectivity index (χ1) is 8.79. The third kappa shape index (κ3) is 7.93. The summed E-state index contributed by atoms with van der Waals surface area (Å²) in [5.41, 5.74) is 0.931. The predicted octanol–water partition coefficient (Wildman–Crippen LogP) is 0.125. The molecule has 0 amide bonds. The highest BCUT2D eigenvalue weighted by molar-refractivity contribution is 7.89. The maximum atomic E-state index is 11.6. The quantitative estimate of drug-likeness (QED) is 0.544. The van der Waals surface area contributed by atoms with Gasteiger partial charge >= 0.3 is 0 Å². The fourth-order valence-electron chi connectivity index (χ4n) is 1.36. The fourth-order valence-corrected chi connectivity index (χ4v) is 2.79. The van der Waals surface area contributed by atoms with Gasteiger partial charge in [-0.1, -0.05) is 30.3 Å². The lowest BCUT2D eigenvalue weighted by molar-refractivity contribution is 0.326. The average molecular weight is 307 g/mol. The van der Waals surface area contributed by atoms with Crippen LogP contribution in [0.2, 0.25) is 0 Å². The fraction of sp³-hybridized carbons (Fsp3) is 0.455. The Bertz CT molecular complexity index is 581. The molecule has 6 nitrogen and oxygen atoms in total. The van der Waals surface area contributed by atoms with E-state index in [0.29, 0.717) is 6.42 Å². The van der Waals surface area contributed by atoms with Crippen molar-refractivity contribution < 1.29 is 21.0 Å². The van der Waals surface area contributed by atoms with Gasteiger partial charge in [-0.2, -0.15) is 8.42 Å². The molecule has 1 aromatic rings.